The predicted octanol–water partition coefficient (Wildman–Crippen LogP) is 3.42. The zero-order chi connectivity index (χ0) is 23.8. The van der Waals surface area contributed by atoms with Crippen molar-refractivity contribution in [2.24, 2.45) is 0 Å². The molecule has 2 aromatic carbocycles. The van der Waals surface area contributed by atoms with Gasteiger partial charge >= 0.3 is 0 Å². The van der Waals surface area contributed by atoms with E-state index in [1.165, 1.54) is 16.4 Å². The molecule has 0 N–H and O–H groups in total. The maximum absolute atomic E-state index is 13.3. The summed E-state index contributed by atoms with van der Waals surface area (Å²) in [6.45, 7) is 6.90. The highest BCUT2D eigenvalue weighted by Crippen LogP contribution is 2.25. The first kappa shape index (κ1) is 22.8. The Morgan fingerprint density at radius 1 is 0.939 bits per heavy atom. The summed E-state index contributed by atoms with van der Waals surface area (Å²) >= 11 is 0. The van der Waals surface area contributed by atoms with E-state index in [1.54, 1.807) is 17.0 Å². The van der Waals surface area contributed by atoms with E-state index in [1.807, 2.05) is 51.1 Å². The van der Waals surface area contributed by atoms with Crippen LogP contribution >= 0.6 is 0 Å². The Kier molecular flexibility index (Phi) is 6.11. The molecule has 0 atom stereocenters. The summed E-state index contributed by atoms with van der Waals surface area (Å²) in [5, 5.41) is 9.28. The summed E-state index contributed by atoms with van der Waals surface area (Å²) < 4.78 is 29.6. The standard InChI is InChI=1S/C25H26N4O3S/c1-18-7-6-9-22(15-18)29-19(2)16-23(20(29)3)25(30)27-11-13-28(14-12-27)33(31,32)24-10-5-4-8-21(24)17-26/h4-10,15-16H,11-14H2,1-3H3. The van der Waals surface area contributed by atoms with Gasteiger partial charge in [0, 0.05) is 43.3 Å². The van der Waals surface area contributed by atoms with E-state index in [4.69, 9.17) is 0 Å². The lowest BCUT2D eigenvalue weighted by Gasteiger charge is -2.34. The van der Waals surface area contributed by atoms with Gasteiger partial charge in [0.15, 0.2) is 0 Å². The number of amides is 1. The quantitative estimate of drug-likeness (QED) is 0.595. The molecule has 1 saturated heterocycles. The van der Waals surface area contributed by atoms with Gasteiger partial charge < -0.3 is 9.47 Å². The number of carbonyl (C=O) groups is 1. The maximum atomic E-state index is 13.3. The fraction of sp³-hybridized carbons (Fsp3) is 0.280. The van der Waals surface area contributed by atoms with Crippen molar-refractivity contribution >= 4 is 15.9 Å². The van der Waals surface area contributed by atoms with Crippen molar-refractivity contribution in [2.75, 3.05) is 26.2 Å². The molecule has 1 fully saturated rings. The Labute approximate surface area is 194 Å². The maximum Gasteiger partial charge on any atom is 0.255 e. The molecule has 1 aromatic heterocycles. The summed E-state index contributed by atoms with van der Waals surface area (Å²) in [6.07, 6.45) is 0. The summed E-state index contributed by atoms with van der Waals surface area (Å²) in [5.41, 5.74) is 4.73. The third-order valence-corrected chi connectivity index (χ3v) is 8.03. The Bertz CT molecular complexity index is 1360. The normalized spacial score (nSPS) is 14.8. The second-order valence-corrected chi connectivity index (χ2v) is 10.2. The molecule has 0 saturated carbocycles. The van der Waals surface area contributed by atoms with E-state index in [9.17, 15) is 18.5 Å². The molecule has 1 aliphatic heterocycles. The SMILES string of the molecule is Cc1cccc(-n2c(C)cc(C(=O)N3CCN(S(=O)(=O)c4ccccc4C#N)CC3)c2C)c1. The molecule has 0 radical (unpaired) electrons. The van der Waals surface area contributed by atoms with E-state index in [2.05, 4.69) is 10.6 Å². The first-order valence-corrected chi connectivity index (χ1v) is 12.2. The van der Waals surface area contributed by atoms with Crippen LogP contribution in [0.1, 0.15) is 32.9 Å². The van der Waals surface area contributed by atoms with E-state index in [-0.39, 0.29) is 29.5 Å². The van der Waals surface area contributed by atoms with Crippen LogP contribution in [0.15, 0.2) is 59.5 Å². The minimum atomic E-state index is -3.80. The third kappa shape index (κ3) is 4.17. The van der Waals surface area contributed by atoms with Gasteiger partial charge in [-0.05, 0) is 56.7 Å². The van der Waals surface area contributed by atoms with Crippen LogP contribution in [0.25, 0.3) is 5.69 Å². The van der Waals surface area contributed by atoms with Gasteiger partial charge in [0.25, 0.3) is 5.91 Å². The average Bonchev–Trinajstić information content (AvgIpc) is 3.12. The average molecular weight is 463 g/mol. The second-order valence-electron chi connectivity index (χ2n) is 8.26. The Morgan fingerprint density at radius 3 is 2.30 bits per heavy atom. The highest BCUT2D eigenvalue weighted by molar-refractivity contribution is 7.89. The number of benzene rings is 2. The van der Waals surface area contributed by atoms with Crippen LogP contribution in [-0.4, -0.2) is 54.3 Å². The summed E-state index contributed by atoms with van der Waals surface area (Å²) in [6, 6.07) is 18.2. The number of nitrogens with zero attached hydrogens (tertiary/aromatic N) is 4. The topological polar surface area (TPSA) is 86.4 Å². The van der Waals surface area contributed by atoms with Crippen molar-refractivity contribution in [3.05, 3.63) is 82.7 Å². The number of hydrogen-bond acceptors (Lipinski definition) is 4. The van der Waals surface area contributed by atoms with Crippen molar-refractivity contribution < 1.29 is 13.2 Å². The second kappa shape index (κ2) is 8.85. The fourth-order valence-corrected chi connectivity index (χ4v) is 5.93. The lowest BCUT2D eigenvalue weighted by molar-refractivity contribution is 0.0697. The molecule has 0 bridgehead atoms. The molecule has 170 valence electrons. The molecule has 0 unspecified atom stereocenters. The van der Waals surface area contributed by atoms with Crippen LogP contribution in [0.4, 0.5) is 0 Å². The molecule has 3 aromatic rings. The van der Waals surface area contributed by atoms with Crippen molar-refractivity contribution in [2.45, 2.75) is 25.7 Å². The summed E-state index contributed by atoms with van der Waals surface area (Å²) in [5.74, 6) is -0.100. The Balaban J connectivity index is 1.53. The van der Waals surface area contributed by atoms with Gasteiger partial charge in [0.2, 0.25) is 10.0 Å². The number of aryl methyl sites for hydroxylation is 2. The first-order chi connectivity index (χ1) is 15.7. The van der Waals surface area contributed by atoms with Gasteiger partial charge in [-0.25, -0.2) is 8.42 Å². The number of sulfonamides is 1. The molecule has 7 nitrogen and oxygen atoms in total. The summed E-state index contributed by atoms with van der Waals surface area (Å²) in [4.78, 5) is 15.0. The largest absolute Gasteiger partial charge is 0.336 e. The van der Waals surface area contributed by atoms with Crippen molar-refractivity contribution in [1.29, 1.82) is 5.26 Å². The van der Waals surface area contributed by atoms with Gasteiger partial charge in [-0.2, -0.15) is 9.57 Å². The monoisotopic (exact) mass is 462 g/mol. The van der Waals surface area contributed by atoms with Crippen molar-refractivity contribution in [3.63, 3.8) is 0 Å². The van der Waals surface area contributed by atoms with Gasteiger partial charge in [0.05, 0.1) is 16.0 Å². The van der Waals surface area contributed by atoms with Gasteiger partial charge in [-0.15, -0.1) is 0 Å². The highest BCUT2D eigenvalue weighted by atomic mass is 32.2. The molecule has 1 aliphatic rings. The van der Waals surface area contributed by atoms with E-state index >= 15 is 0 Å². The predicted molar refractivity (Wildman–Crippen MR) is 126 cm³/mol. The van der Waals surface area contributed by atoms with Crippen LogP contribution in [0, 0.1) is 32.1 Å². The molecule has 0 spiro atoms. The first-order valence-electron chi connectivity index (χ1n) is 10.8. The molecular weight excluding hydrogens is 436 g/mol. The van der Waals surface area contributed by atoms with Gasteiger partial charge in [0.1, 0.15) is 6.07 Å². The molecule has 4 rings (SSSR count). The van der Waals surface area contributed by atoms with E-state index in [0.717, 1.165) is 22.6 Å². The molecule has 1 amide bonds. The highest BCUT2D eigenvalue weighted by Gasteiger charge is 2.32. The Hall–Kier alpha value is -3.41. The van der Waals surface area contributed by atoms with Crippen LogP contribution in [0.2, 0.25) is 0 Å². The van der Waals surface area contributed by atoms with Crippen molar-refractivity contribution in [3.8, 4) is 11.8 Å². The van der Waals surface area contributed by atoms with E-state index < -0.39 is 10.0 Å². The summed E-state index contributed by atoms with van der Waals surface area (Å²) in [7, 11) is -3.80. The fourth-order valence-electron chi connectivity index (χ4n) is 4.37. The van der Waals surface area contributed by atoms with Gasteiger partial charge in [-0.3, -0.25) is 4.79 Å². The lowest BCUT2D eigenvalue weighted by Crippen LogP contribution is -2.50. The zero-order valence-electron chi connectivity index (χ0n) is 18.9. The van der Waals surface area contributed by atoms with E-state index in [0.29, 0.717) is 18.7 Å². The van der Waals surface area contributed by atoms with Crippen LogP contribution in [0.3, 0.4) is 0 Å². The number of carbonyl (C=O) groups excluding carboxylic acids is 1. The number of nitriles is 1. The minimum Gasteiger partial charge on any atom is -0.336 e. The number of hydrogen-bond donors (Lipinski definition) is 0. The number of piperazine rings is 1. The zero-order valence-corrected chi connectivity index (χ0v) is 19.8. The Morgan fingerprint density at radius 2 is 1.64 bits per heavy atom. The lowest BCUT2D eigenvalue weighted by atomic mass is 10.2. The smallest absolute Gasteiger partial charge is 0.255 e. The molecule has 0 aliphatic carbocycles. The number of rotatable bonds is 4. The van der Waals surface area contributed by atoms with Crippen LogP contribution in [0.5, 0.6) is 0 Å². The molecule has 8 heteroatoms. The van der Waals surface area contributed by atoms with Crippen LogP contribution < -0.4 is 0 Å². The third-order valence-electron chi connectivity index (χ3n) is 6.07. The van der Waals surface area contributed by atoms with Gasteiger partial charge in [-0.1, -0.05) is 24.3 Å². The number of aromatic nitrogens is 1. The molecule has 33 heavy (non-hydrogen) atoms. The molecular formula is C25H26N4O3S. The van der Waals surface area contributed by atoms with Crippen LogP contribution in [-0.2, 0) is 10.0 Å². The molecule has 2 heterocycles. The minimum absolute atomic E-state index is 0.00831. The van der Waals surface area contributed by atoms with Crippen molar-refractivity contribution in [1.82, 2.24) is 13.8 Å².